The Balaban J connectivity index is 1.28. The van der Waals surface area contributed by atoms with Crippen molar-refractivity contribution in [1.82, 2.24) is 4.98 Å². The van der Waals surface area contributed by atoms with Gasteiger partial charge in [0.15, 0.2) is 16.8 Å². The summed E-state index contributed by atoms with van der Waals surface area (Å²) in [5.41, 5.74) is 1.14. The third-order valence-corrected chi connectivity index (χ3v) is 8.30. The number of benzene rings is 1. The highest BCUT2D eigenvalue weighted by molar-refractivity contribution is 9.10. The molecule has 2 atom stereocenters. The molecule has 4 aliphatic carbocycles. The van der Waals surface area contributed by atoms with Crippen molar-refractivity contribution in [2.45, 2.75) is 49.3 Å². The van der Waals surface area contributed by atoms with Crippen molar-refractivity contribution < 1.29 is 13.6 Å². The summed E-state index contributed by atoms with van der Waals surface area (Å²) in [6.07, 6.45) is 7.74. The molecule has 7 heteroatoms. The zero-order valence-corrected chi connectivity index (χ0v) is 17.7. The van der Waals surface area contributed by atoms with Gasteiger partial charge in [-0.1, -0.05) is 15.9 Å². The number of hydrogen-bond acceptors (Lipinski definition) is 3. The van der Waals surface area contributed by atoms with E-state index in [4.69, 9.17) is 0 Å². The molecule has 28 heavy (non-hydrogen) atoms. The number of rotatable bonds is 4. The van der Waals surface area contributed by atoms with Gasteiger partial charge >= 0.3 is 0 Å². The van der Waals surface area contributed by atoms with Gasteiger partial charge in [0.1, 0.15) is 0 Å². The largest absolute Gasteiger partial charge is 0.302 e. The van der Waals surface area contributed by atoms with E-state index in [0.717, 1.165) is 43.2 Å². The maximum atomic E-state index is 13.5. The summed E-state index contributed by atoms with van der Waals surface area (Å²) in [4.78, 5) is 17.2. The summed E-state index contributed by atoms with van der Waals surface area (Å²) in [5.74, 6) is -0.292. The molecule has 4 fully saturated rings. The lowest BCUT2D eigenvalue weighted by Gasteiger charge is -2.60. The fraction of sp³-hybridized carbons (Fsp3) is 0.524. The fourth-order valence-electron chi connectivity index (χ4n) is 6.17. The van der Waals surface area contributed by atoms with Crippen LogP contribution >= 0.6 is 27.3 Å². The van der Waals surface area contributed by atoms with E-state index in [2.05, 4.69) is 26.2 Å². The van der Waals surface area contributed by atoms with Crippen LogP contribution in [0.4, 0.5) is 13.9 Å². The fourth-order valence-corrected chi connectivity index (χ4v) is 8.41. The molecule has 0 saturated heterocycles. The van der Waals surface area contributed by atoms with E-state index in [1.807, 2.05) is 0 Å². The second-order valence-electron chi connectivity index (χ2n) is 9.00. The first-order chi connectivity index (χ1) is 13.3. The Morgan fingerprint density at radius 3 is 2.64 bits per heavy atom. The Morgan fingerprint density at radius 2 is 1.96 bits per heavy atom. The molecule has 4 bridgehead atoms. The Kier molecular flexibility index (Phi) is 4.40. The Labute approximate surface area is 175 Å². The number of thiazole rings is 1. The first kappa shape index (κ1) is 18.7. The number of amides is 1. The van der Waals surface area contributed by atoms with Gasteiger partial charge in [0.25, 0.3) is 0 Å². The molecule has 3 nitrogen and oxygen atoms in total. The quantitative estimate of drug-likeness (QED) is 0.548. The predicted octanol–water partition coefficient (Wildman–Crippen LogP) is 6.15. The summed E-state index contributed by atoms with van der Waals surface area (Å²) in [6, 6.07) is 3.70. The molecule has 148 valence electrons. The van der Waals surface area contributed by atoms with Crippen molar-refractivity contribution in [2.24, 2.45) is 17.3 Å². The van der Waals surface area contributed by atoms with Gasteiger partial charge in [0.2, 0.25) is 5.91 Å². The van der Waals surface area contributed by atoms with Gasteiger partial charge in [-0.2, -0.15) is 0 Å². The lowest BCUT2D eigenvalue weighted by Crippen LogP contribution is -2.53. The van der Waals surface area contributed by atoms with Gasteiger partial charge in [-0.15, -0.1) is 11.3 Å². The van der Waals surface area contributed by atoms with Gasteiger partial charge in [-0.3, -0.25) is 4.79 Å². The van der Waals surface area contributed by atoms with E-state index in [1.165, 1.54) is 36.7 Å². The minimum absolute atomic E-state index is 0.00392. The van der Waals surface area contributed by atoms with Crippen molar-refractivity contribution in [1.29, 1.82) is 0 Å². The Hall–Kier alpha value is -1.34. The van der Waals surface area contributed by atoms with Gasteiger partial charge in [-0.05, 0) is 74.0 Å². The molecule has 1 N–H and O–H groups in total. The Morgan fingerprint density at radius 1 is 1.21 bits per heavy atom. The number of carbonyl (C=O) groups is 1. The molecular weight excluding hydrogens is 446 g/mol. The lowest BCUT2D eigenvalue weighted by atomic mass is 9.48. The van der Waals surface area contributed by atoms with Crippen LogP contribution in [0.25, 0.3) is 11.3 Å². The molecule has 0 radical (unpaired) electrons. The highest BCUT2D eigenvalue weighted by atomic mass is 79.9. The van der Waals surface area contributed by atoms with Gasteiger partial charge in [-0.25, -0.2) is 13.8 Å². The van der Waals surface area contributed by atoms with Gasteiger partial charge < -0.3 is 5.32 Å². The average Bonchev–Trinajstić information content (AvgIpc) is 3.02. The number of nitrogens with zero attached hydrogens (tertiary/aromatic N) is 1. The summed E-state index contributed by atoms with van der Waals surface area (Å²) >= 11 is 5.30. The minimum atomic E-state index is -0.901. The molecule has 1 amide bonds. The second-order valence-corrected chi connectivity index (χ2v) is 11.5. The summed E-state index contributed by atoms with van der Waals surface area (Å²) < 4.78 is 26.8. The summed E-state index contributed by atoms with van der Waals surface area (Å²) in [5, 5.41) is 5.18. The third-order valence-electron chi connectivity index (χ3n) is 6.61. The van der Waals surface area contributed by atoms with Crippen molar-refractivity contribution in [3.63, 3.8) is 0 Å². The third kappa shape index (κ3) is 3.41. The summed E-state index contributed by atoms with van der Waals surface area (Å²) in [7, 11) is 0. The van der Waals surface area contributed by atoms with E-state index in [1.54, 1.807) is 5.38 Å². The minimum Gasteiger partial charge on any atom is -0.302 e. The molecule has 4 aliphatic rings. The maximum Gasteiger partial charge on any atom is 0.226 e. The number of halogens is 3. The normalized spacial score (nSPS) is 33.2. The van der Waals surface area contributed by atoms with Gasteiger partial charge in [0, 0.05) is 21.7 Å². The SMILES string of the molecule is O=C(CC12CC3CC(CC(Br)(C3)C1)C2)Nc1nc(-c2ccc(F)c(F)c2)cs1. The van der Waals surface area contributed by atoms with Crippen molar-refractivity contribution >= 4 is 38.3 Å². The highest BCUT2D eigenvalue weighted by Gasteiger charge is 2.57. The average molecular weight is 467 g/mol. The van der Waals surface area contributed by atoms with Crippen LogP contribution in [0.15, 0.2) is 23.6 Å². The highest BCUT2D eigenvalue weighted by Crippen LogP contribution is 2.65. The molecule has 1 aromatic carbocycles. The van der Waals surface area contributed by atoms with Crippen molar-refractivity contribution in [2.75, 3.05) is 5.32 Å². The molecule has 2 aromatic rings. The zero-order chi connectivity index (χ0) is 19.5. The number of nitrogens with one attached hydrogen (secondary N) is 1. The van der Waals surface area contributed by atoms with E-state index < -0.39 is 11.6 Å². The standard InChI is InChI=1S/C21H21BrF2N2OS/c22-21-7-12-3-13(8-21)6-20(5-12,11-21)9-18(27)26-19-25-17(10-28-19)14-1-2-15(23)16(24)4-14/h1-2,4,10,12-13H,3,5-9,11H2,(H,25,26,27). The maximum absolute atomic E-state index is 13.5. The van der Waals surface area contributed by atoms with Crippen LogP contribution in [0.5, 0.6) is 0 Å². The van der Waals surface area contributed by atoms with Crippen molar-refractivity contribution in [3.05, 3.63) is 35.2 Å². The summed E-state index contributed by atoms with van der Waals surface area (Å²) in [6.45, 7) is 0. The molecule has 0 spiro atoms. The molecule has 4 saturated carbocycles. The second kappa shape index (κ2) is 6.59. The molecule has 6 rings (SSSR count). The molecule has 0 aliphatic heterocycles. The van der Waals surface area contributed by atoms with Gasteiger partial charge in [0.05, 0.1) is 5.69 Å². The first-order valence-electron chi connectivity index (χ1n) is 9.71. The molecular formula is C21H21BrF2N2OS. The van der Waals surface area contributed by atoms with Crippen LogP contribution in [0.1, 0.15) is 44.9 Å². The van der Waals surface area contributed by atoms with Crippen molar-refractivity contribution in [3.8, 4) is 11.3 Å². The monoisotopic (exact) mass is 466 g/mol. The number of carbonyl (C=O) groups excluding carboxylic acids is 1. The van der Waals surface area contributed by atoms with E-state index in [9.17, 15) is 13.6 Å². The van der Waals surface area contributed by atoms with Crippen LogP contribution in [0, 0.1) is 28.9 Å². The number of aromatic nitrogens is 1. The van der Waals surface area contributed by atoms with E-state index in [-0.39, 0.29) is 15.6 Å². The topological polar surface area (TPSA) is 42.0 Å². The number of hydrogen-bond donors (Lipinski definition) is 1. The zero-order valence-electron chi connectivity index (χ0n) is 15.3. The van der Waals surface area contributed by atoms with Crippen LogP contribution in [-0.4, -0.2) is 15.2 Å². The Bertz CT molecular complexity index is 932. The first-order valence-corrected chi connectivity index (χ1v) is 11.4. The molecule has 1 aromatic heterocycles. The number of anilines is 1. The number of alkyl halides is 1. The van der Waals surface area contributed by atoms with E-state index in [0.29, 0.717) is 22.8 Å². The predicted molar refractivity (Wildman–Crippen MR) is 109 cm³/mol. The van der Waals surface area contributed by atoms with Crippen LogP contribution < -0.4 is 5.32 Å². The lowest BCUT2D eigenvalue weighted by molar-refractivity contribution is -0.123. The van der Waals surface area contributed by atoms with E-state index >= 15 is 0 Å². The molecule has 2 unspecified atom stereocenters. The van der Waals surface area contributed by atoms with Crippen LogP contribution in [-0.2, 0) is 4.79 Å². The van der Waals surface area contributed by atoms with Crippen LogP contribution in [0.2, 0.25) is 0 Å². The smallest absolute Gasteiger partial charge is 0.226 e. The van der Waals surface area contributed by atoms with Crippen LogP contribution in [0.3, 0.4) is 0 Å². The molecule has 1 heterocycles.